The van der Waals surface area contributed by atoms with Crippen molar-refractivity contribution in [2.75, 3.05) is 20.3 Å². The first kappa shape index (κ1) is 15.2. The van der Waals surface area contributed by atoms with Gasteiger partial charge in [0.2, 0.25) is 0 Å². The highest BCUT2D eigenvalue weighted by atomic mass is 16.5. The quantitative estimate of drug-likeness (QED) is 0.174. The van der Waals surface area contributed by atoms with Gasteiger partial charge >= 0.3 is 0 Å². The SMILES string of the molecule is CCCC(COC)NCCCCC(N)=NO. The summed E-state index contributed by atoms with van der Waals surface area (Å²) in [6.07, 6.45) is 4.91. The maximum Gasteiger partial charge on any atom is 0.139 e. The largest absolute Gasteiger partial charge is 0.409 e. The number of nitrogens with two attached hydrogens (primary N) is 1. The van der Waals surface area contributed by atoms with Crippen LogP contribution in [0.5, 0.6) is 0 Å². The van der Waals surface area contributed by atoms with Gasteiger partial charge in [0.25, 0.3) is 0 Å². The molecule has 5 heteroatoms. The summed E-state index contributed by atoms with van der Waals surface area (Å²) >= 11 is 0. The minimum atomic E-state index is 0.307. The Morgan fingerprint density at radius 1 is 1.50 bits per heavy atom. The lowest BCUT2D eigenvalue weighted by atomic mass is 10.1. The zero-order valence-electron chi connectivity index (χ0n) is 10.4. The second-order valence-corrected chi connectivity index (χ2v) is 3.94. The fourth-order valence-corrected chi connectivity index (χ4v) is 1.58. The highest BCUT2D eigenvalue weighted by Gasteiger charge is 2.05. The van der Waals surface area contributed by atoms with Crippen LogP contribution in [0.25, 0.3) is 0 Å². The van der Waals surface area contributed by atoms with Crippen LogP contribution in [0.4, 0.5) is 0 Å². The normalized spacial score (nSPS) is 14.0. The third kappa shape index (κ3) is 8.49. The molecule has 4 N–H and O–H groups in total. The molecule has 16 heavy (non-hydrogen) atoms. The van der Waals surface area contributed by atoms with Crippen molar-refractivity contribution in [3.8, 4) is 0 Å². The molecule has 0 amide bonds. The first-order chi connectivity index (χ1) is 7.74. The van der Waals surface area contributed by atoms with Crippen molar-refractivity contribution in [3.63, 3.8) is 0 Å². The molecule has 0 aliphatic heterocycles. The molecule has 0 rings (SSSR count). The van der Waals surface area contributed by atoms with Crippen LogP contribution in [0.2, 0.25) is 0 Å². The summed E-state index contributed by atoms with van der Waals surface area (Å²) in [5.41, 5.74) is 5.37. The Balaban J connectivity index is 3.46. The number of ether oxygens (including phenoxy) is 1. The molecule has 0 aromatic heterocycles. The Morgan fingerprint density at radius 3 is 2.81 bits per heavy atom. The molecule has 96 valence electrons. The van der Waals surface area contributed by atoms with Crippen LogP contribution < -0.4 is 11.1 Å². The van der Waals surface area contributed by atoms with Crippen LogP contribution in [0.3, 0.4) is 0 Å². The highest BCUT2D eigenvalue weighted by Crippen LogP contribution is 1.99. The molecule has 0 radical (unpaired) electrons. The fourth-order valence-electron chi connectivity index (χ4n) is 1.58. The van der Waals surface area contributed by atoms with Crippen LogP contribution in [0.15, 0.2) is 5.16 Å². The molecule has 0 fully saturated rings. The smallest absolute Gasteiger partial charge is 0.139 e. The van der Waals surface area contributed by atoms with Gasteiger partial charge in [-0.15, -0.1) is 0 Å². The number of rotatable bonds is 10. The van der Waals surface area contributed by atoms with Crippen molar-refractivity contribution in [2.24, 2.45) is 10.9 Å². The molecule has 1 unspecified atom stereocenters. The number of nitrogens with one attached hydrogen (secondary N) is 1. The predicted molar refractivity (Wildman–Crippen MR) is 65.8 cm³/mol. The maximum absolute atomic E-state index is 8.35. The van der Waals surface area contributed by atoms with Gasteiger partial charge in [0, 0.05) is 19.6 Å². The van der Waals surface area contributed by atoms with Gasteiger partial charge in [-0.05, 0) is 25.8 Å². The van der Waals surface area contributed by atoms with Crippen LogP contribution in [0.1, 0.15) is 39.0 Å². The zero-order chi connectivity index (χ0) is 12.2. The Morgan fingerprint density at radius 2 is 2.25 bits per heavy atom. The lowest BCUT2D eigenvalue weighted by Crippen LogP contribution is -2.33. The molecule has 1 atom stereocenters. The van der Waals surface area contributed by atoms with Crippen molar-refractivity contribution in [2.45, 2.75) is 45.1 Å². The van der Waals surface area contributed by atoms with Gasteiger partial charge in [-0.3, -0.25) is 0 Å². The number of methoxy groups -OCH3 is 1. The fraction of sp³-hybridized carbons (Fsp3) is 0.909. The van der Waals surface area contributed by atoms with E-state index in [1.54, 1.807) is 7.11 Å². The van der Waals surface area contributed by atoms with Gasteiger partial charge in [-0.2, -0.15) is 0 Å². The van der Waals surface area contributed by atoms with Gasteiger partial charge in [0.15, 0.2) is 0 Å². The molecule has 0 bridgehead atoms. The number of hydrogen-bond donors (Lipinski definition) is 3. The predicted octanol–water partition coefficient (Wildman–Crippen LogP) is 1.31. The zero-order valence-corrected chi connectivity index (χ0v) is 10.4. The van der Waals surface area contributed by atoms with Crippen molar-refractivity contribution >= 4 is 5.84 Å². The van der Waals surface area contributed by atoms with Crippen molar-refractivity contribution < 1.29 is 9.94 Å². The van der Waals surface area contributed by atoms with E-state index in [1.807, 2.05) is 0 Å². The van der Waals surface area contributed by atoms with Gasteiger partial charge in [0.1, 0.15) is 5.84 Å². The minimum Gasteiger partial charge on any atom is -0.409 e. The average molecular weight is 231 g/mol. The van der Waals surface area contributed by atoms with Crippen molar-refractivity contribution in [3.05, 3.63) is 0 Å². The lowest BCUT2D eigenvalue weighted by molar-refractivity contribution is 0.162. The third-order valence-corrected chi connectivity index (χ3v) is 2.43. The number of oxime groups is 1. The topological polar surface area (TPSA) is 79.9 Å². The Bertz CT molecular complexity index is 180. The van der Waals surface area contributed by atoms with Crippen molar-refractivity contribution in [1.82, 2.24) is 5.32 Å². The molecule has 0 aromatic carbocycles. The lowest BCUT2D eigenvalue weighted by Gasteiger charge is -2.16. The Kier molecular flexibility index (Phi) is 10.2. The molecule has 5 nitrogen and oxygen atoms in total. The summed E-state index contributed by atoms with van der Waals surface area (Å²) in [4.78, 5) is 0. The number of amidine groups is 1. The van der Waals surface area contributed by atoms with Gasteiger partial charge in [-0.25, -0.2) is 0 Å². The molecule has 0 aliphatic carbocycles. The molecule has 0 saturated carbocycles. The van der Waals surface area contributed by atoms with Crippen LogP contribution in [0, 0.1) is 0 Å². The van der Waals surface area contributed by atoms with E-state index < -0.39 is 0 Å². The monoisotopic (exact) mass is 231 g/mol. The summed E-state index contributed by atoms with van der Waals surface area (Å²) in [6.45, 7) is 3.88. The highest BCUT2D eigenvalue weighted by molar-refractivity contribution is 5.79. The summed E-state index contributed by atoms with van der Waals surface area (Å²) in [5, 5.41) is 14.7. The van der Waals surface area contributed by atoms with Crippen LogP contribution >= 0.6 is 0 Å². The number of unbranched alkanes of at least 4 members (excludes halogenated alkanes) is 1. The summed E-state index contributed by atoms with van der Waals surface area (Å²) in [5.74, 6) is 0.307. The molecular weight excluding hydrogens is 206 g/mol. The molecule has 0 aliphatic rings. The Hall–Kier alpha value is -0.810. The van der Waals surface area contributed by atoms with E-state index in [2.05, 4.69) is 17.4 Å². The van der Waals surface area contributed by atoms with Gasteiger partial charge in [0.05, 0.1) is 6.61 Å². The number of hydrogen-bond acceptors (Lipinski definition) is 4. The molecule has 0 saturated heterocycles. The second kappa shape index (κ2) is 10.7. The molecule has 0 aromatic rings. The second-order valence-electron chi connectivity index (χ2n) is 3.94. The van der Waals surface area contributed by atoms with E-state index in [0.717, 1.165) is 38.8 Å². The third-order valence-electron chi connectivity index (χ3n) is 2.43. The van der Waals surface area contributed by atoms with E-state index in [0.29, 0.717) is 18.3 Å². The number of nitrogens with zero attached hydrogens (tertiary/aromatic N) is 1. The van der Waals surface area contributed by atoms with E-state index in [4.69, 9.17) is 15.7 Å². The van der Waals surface area contributed by atoms with Crippen LogP contribution in [-0.4, -0.2) is 37.3 Å². The minimum absolute atomic E-state index is 0.307. The standard InChI is InChI=1S/C11H25N3O2/c1-3-6-10(9-16-2)13-8-5-4-7-11(12)14-15/h10,13,15H,3-9H2,1-2H3,(H2,12,14). The summed E-state index contributed by atoms with van der Waals surface area (Å²) in [7, 11) is 1.72. The van der Waals surface area contributed by atoms with Crippen molar-refractivity contribution in [1.29, 1.82) is 0 Å². The van der Waals surface area contributed by atoms with E-state index in [1.165, 1.54) is 0 Å². The summed E-state index contributed by atoms with van der Waals surface area (Å²) in [6, 6.07) is 0.443. The molecular formula is C11H25N3O2. The first-order valence-corrected chi connectivity index (χ1v) is 5.93. The first-order valence-electron chi connectivity index (χ1n) is 5.93. The molecule has 0 heterocycles. The van der Waals surface area contributed by atoms with Crippen LogP contribution in [-0.2, 0) is 4.74 Å². The Labute approximate surface area is 98.0 Å². The van der Waals surface area contributed by atoms with E-state index >= 15 is 0 Å². The summed E-state index contributed by atoms with van der Waals surface area (Å²) < 4.78 is 5.13. The van der Waals surface area contributed by atoms with E-state index in [9.17, 15) is 0 Å². The molecule has 0 spiro atoms. The average Bonchev–Trinajstić information content (AvgIpc) is 2.28. The van der Waals surface area contributed by atoms with Gasteiger partial charge in [-0.1, -0.05) is 18.5 Å². The maximum atomic E-state index is 8.35. The van der Waals surface area contributed by atoms with Gasteiger partial charge < -0.3 is 21.0 Å². The van der Waals surface area contributed by atoms with E-state index in [-0.39, 0.29) is 0 Å².